The van der Waals surface area contributed by atoms with Crippen LogP contribution in [0, 0.1) is 7.05 Å². The van der Waals surface area contributed by atoms with Crippen molar-refractivity contribution >= 4 is 39.1 Å². The monoisotopic (exact) mass is 445 g/mol. The first-order valence-corrected chi connectivity index (χ1v) is 8.56. The average Bonchev–Trinajstić information content (AvgIpc) is 2.58. The van der Waals surface area contributed by atoms with Crippen LogP contribution in [0.25, 0.3) is 21.8 Å². The van der Waals surface area contributed by atoms with Gasteiger partial charge >= 0.3 is 0 Å². The topological polar surface area (TPSA) is 51.3 Å². The van der Waals surface area contributed by atoms with Crippen LogP contribution in [0.3, 0.4) is 0 Å². The fourth-order valence-corrected chi connectivity index (χ4v) is 3.51. The number of nitrogens with two attached hydrogens (primary N) is 1. The number of hydrogen-bond donors (Lipinski definition) is 1. The van der Waals surface area contributed by atoms with Crippen LogP contribution in [0.5, 0.6) is 0 Å². The van der Waals surface area contributed by atoms with Gasteiger partial charge in [-0.1, -0.05) is 60.8 Å². The summed E-state index contributed by atoms with van der Waals surface area (Å²) in [4.78, 5) is 14.9. The van der Waals surface area contributed by atoms with Crippen LogP contribution in [-0.2, 0) is 38.1 Å². The van der Waals surface area contributed by atoms with Crippen LogP contribution in [0.4, 0.5) is 5.69 Å². The van der Waals surface area contributed by atoms with Crippen molar-refractivity contribution < 1.29 is 32.7 Å². The maximum absolute atomic E-state index is 13.0. The van der Waals surface area contributed by atoms with E-state index in [0.29, 0.717) is 22.3 Å². The maximum atomic E-state index is 13.0. The zero-order valence-corrected chi connectivity index (χ0v) is 19.2. The molecule has 6 heteroatoms. The van der Waals surface area contributed by atoms with Crippen molar-refractivity contribution in [3.63, 3.8) is 0 Å². The van der Waals surface area contributed by atoms with E-state index in [1.807, 2.05) is 41.8 Å². The molecule has 0 aliphatic heterocycles. The van der Waals surface area contributed by atoms with Gasteiger partial charge in [-0.2, -0.15) is 0 Å². The predicted octanol–water partition coefficient (Wildman–Crippen LogP) is 3.75. The first kappa shape index (κ1) is 21.2. The second-order valence-electron chi connectivity index (χ2n) is 7.26. The molecule has 0 aliphatic rings. The Morgan fingerprint density at radius 3 is 2.38 bits per heavy atom. The van der Waals surface area contributed by atoms with Crippen molar-refractivity contribution in [2.45, 2.75) is 19.3 Å². The average molecular weight is 446 g/mol. The van der Waals surface area contributed by atoms with E-state index in [2.05, 4.69) is 20.9 Å². The third-order valence-electron chi connectivity index (χ3n) is 4.89. The van der Waals surface area contributed by atoms with Crippen molar-refractivity contribution in [1.82, 2.24) is 4.57 Å². The van der Waals surface area contributed by atoms with Crippen LogP contribution in [-0.4, -0.2) is 25.2 Å². The minimum Gasteiger partial charge on any atom is -0.479 e. The van der Waals surface area contributed by atoms with Crippen LogP contribution >= 0.6 is 11.6 Å². The van der Waals surface area contributed by atoms with E-state index < -0.39 is 0 Å². The minimum absolute atomic E-state index is 0. The summed E-state index contributed by atoms with van der Waals surface area (Å²) in [6.07, 6.45) is 0. The summed E-state index contributed by atoms with van der Waals surface area (Å²) < 4.78 is 1.81. The van der Waals surface area contributed by atoms with E-state index in [0.717, 1.165) is 22.3 Å². The molecule has 26 heavy (non-hydrogen) atoms. The third kappa shape index (κ3) is 3.29. The van der Waals surface area contributed by atoms with Gasteiger partial charge in [0, 0.05) is 64.5 Å². The second-order valence-corrected chi connectivity index (χ2v) is 7.67. The number of fused-ring (bicyclic) bond motifs is 2. The van der Waals surface area contributed by atoms with E-state index >= 15 is 0 Å². The molecule has 3 aromatic rings. The molecule has 1 radical (unpaired) electrons. The molecule has 4 nitrogen and oxygen atoms in total. The number of anilines is 1. The Balaban J connectivity index is 0.00000243. The van der Waals surface area contributed by atoms with Gasteiger partial charge in [-0.05, 0) is 22.4 Å². The zero-order valence-electron chi connectivity index (χ0n) is 15.6. The molecule has 2 N–H and O–H groups in total. The van der Waals surface area contributed by atoms with Gasteiger partial charge in [-0.25, -0.2) is 0 Å². The van der Waals surface area contributed by atoms with Crippen LogP contribution in [0.15, 0.2) is 35.1 Å². The molecule has 135 valence electrons. The van der Waals surface area contributed by atoms with Crippen molar-refractivity contribution in [2.75, 3.05) is 25.5 Å². The Bertz CT molecular complexity index is 1040. The summed E-state index contributed by atoms with van der Waals surface area (Å²) in [5.74, 6) is 0. The van der Waals surface area contributed by atoms with Gasteiger partial charge in [0.05, 0.1) is 5.02 Å². The number of benzene rings is 2. The standard InChI is InChI=1S/C20H23ClN3O.Y/c1-20(2,11-22)12-6-7-13-16(10-12)24(5)17-14(19(13)25)8-9-15(21)18(17)23(3)4;/h6-10H,5,11,22H2,1-4H3;/q-1;. The van der Waals surface area contributed by atoms with Gasteiger partial charge < -0.3 is 15.2 Å². The summed E-state index contributed by atoms with van der Waals surface area (Å²) in [5, 5.41) is 1.85. The predicted molar refractivity (Wildman–Crippen MR) is 108 cm³/mol. The number of hydrogen-bond acceptors (Lipinski definition) is 3. The Labute approximate surface area is 184 Å². The van der Waals surface area contributed by atoms with E-state index in [4.69, 9.17) is 17.3 Å². The normalized spacial score (nSPS) is 11.6. The number of nitrogens with zero attached hydrogens (tertiary/aromatic N) is 2. The summed E-state index contributed by atoms with van der Waals surface area (Å²) in [7, 11) is 8.02. The van der Waals surface area contributed by atoms with Crippen LogP contribution < -0.4 is 16.1 Å². The maximum Gasteiger partial charge on any atom is 0.172 e. The Hall–Kier alpha value is -1.07. The fraction of sp³-hybridized carbons (Fsp3) is 0.300. The molecule has 0 atom stereocenters. The van der Waals surface area contributed by atoms with E-state index in [1.165, 1.54) is 0 Å². The molecular formula is C20H23ClN3OY-. The first-order chi connectivity index (χ1) is 11.7. The van der Waals surface area contributed by atoms with Crippen molar-refractivity contribution in [1.29, 1.82) is 0 Å². The summed E-state index contributed by atoms with van der Waals surface area (Å²) in [6, 6.07) is 9.39. The molecule has 2 aromatic carbocycles. The number of rotatable bonds is 3. The van der Waals surface area contributed by atoms with Crippen LogP contribution in [0.2, 0.25) is 5.02 Å². The molecule has 0 aliphatic carbocycles. The summed E-state index contributed by atoms with van der Waals surface area (Å²) >= 11 is 6.40. The number of pyridine rings is 1. The number of aromatic nitrogens is 1. The Kier molecular flexibility index (Phi) is 6.14. The fourth-order valence-electron chi connectivity index (χ4n) is 3.19. The van der Waals surface area contributed by atoms with E-state index in [9.17, 15) is 4.79 Å². The van der Waals surface area contributed by atoms with Crippen molar-refractivity contribution in [3.8, 4) is 0 Å². The van der Waals surface area contributed by atoms with Gasteiger partial charge in [0.1, 0.15) is 0 Å². The number of halogens is 1. The second kappa shape index (κ2) is 7.51. The molecule has 1 heterocycles. The largest absolute Gasteiger partial charge is 0.479 e. The van der Waals surface area contributed by atoms with E-state index in [-0.39, 0.29) is 43.6 Å². The quantitative estimate of drug-likeness (QED) is 0.493. The molecular weight excluding hydrogens is 423 g/mol. The molecule has 3 rings (SSSR count). The Morgan fingerprint density at radius 1 is 1.19 bits per heavy atom. The van der Waals surface area contributed by atoms with Gasteiger partial charge in [-0.15, -0.1) is 7.05 Å². The summed E-state index contributed by atoms with van der Waals surface area (Å²) in [6.45, 7) is 4.69. The molecule has 0 fully saturated rings. The van der Waals surface area contributed by atoms with Crippen molar-refractivity contribution in [3.05, 3.63) is 58.2 Å². The molecule has 0 amide bonds. The molecule has 0 saturated carbocycles. The van der Waals surface area contributed by atoms with Crippen LogP contribution in [0.1, 0.15) is 19.4 Å². The molecule has 1 aromatic heterocycles. The zero-order chi connectivity index (χ0) is 18.5. The van der Waals surface area contributed by atoms with Crippen molar-refractivity contribution in [2.24, 2.45) is 5.73 Å². The molecule has 0 unspecified atom stereocenters. The third-order valence-corrected chi connectivity index (χ3v) is 5.19. The van der Waals surface area contributed by atoms with Gasteiger partial charge in [0.2, 0.25) is 0 Å². The first-order valence-electron chi connectivity index (χ1n) is 8.19. The smallest absolute Gasteiger partial charge is 0.172 e. The molecule has 0 saturated heterocycles. The molecule has 0 bridgehead atoms. The Morgan fingerprint density at radius 2 is 1.81 bits per heavy atom. The van der Waals surface area contributed by atoms with Gasteiger partial charge in [-0.3, -0.25) is 4.79 Å². The van der Waals surface area contributed by atoms with Gasteiger partial charge in [0.25, 0.3) is 0 Å². The van der Waals surface area contributed by atoms with E-state index in [1.54, 1.807) is 12.1 Å². The van der Waals surface area contributed by atoms with Gasteiger partial charge in [0.15, 0.2) is 5.43 Å². The summed E-state index contributed by atoms with van der Waals surface area (Å²) in [5.41, 5.74) is 9.10. The molecule has 0 spiro atoms. The SMILES string of the molecule is [CH2-]n1c2cc(C(C)(C)CN)ccc2c(=O)c2ccc(Cl)c(N(C)C)c21.[Y]. The minimum atomic E-state index is -0.183.